The van der Waals surface area contributed by atoms with Crippen molar-refractivity contribution in [3.63, 3.8) is 0 Å². The molecule has 0 bridgehead atoms. The number of benzene rings is 6. The molecule has 36 heteroatoms. The molecular formula is C66H80Cl2N30O4. The molecule has 0 atom stereocenters. The van der Waals surface area contributed by atoms with Crippen molar-refractivity contribution in [3.8, 4) is 0 Å². The molecule has 10 aromatic rings. The average molecular weight is 1430 g/mol. The Morgan fingerprint density at radius 1 is 0.324 bits per heavy atom. The molecule has 0 aliphatic rings. The molecule has 102 heavy (non-hydrogen) atoms. The van der Waals surface area contributed by atoms with Crippen LogP contribution < -0.4 is 63.9 Å². The zero-order valence-electron chi connectivity index (χ0n) is 58.8. The van der Waals surface area contributed by atoms with Crippen molar-refractivity contribution in [2.75, 3.05) is 66.0 Å². The van der Waals surface area contributed by atoms with Gasteiger partial charge in [-0.3, -0.25) is 20.0 Å². The van der Waals surface area contributed by atoms with Crippen LogP contribution in [0.5, 0.6) is 0 Å². The standard InChI is InChI=1S/C20H22N8O2.C19H22N8.C14H17N7O2.C13H18N7.2ClH/c1-26-12-13-27(2)20(26)24-22-17-8-4-15(5-9-17)21-16-6-10-18(11-7-16)23-25-28(3)14-19(29)30;1-25(2)24-22-18-11-7-16(8-12-18)20-15-5-9-17(10-6-15)21-23-19-26(3)13-14-27(19)4;1-19-8-9-20(2)14(19)17-15-11-4-6-12(7-5-11)16-18-21(3)10-13(22)23;1-18(2)17-15-12-7-5-11(6-8-12)14-16-13-19(3)9-10-20(13)4;;/h4-13H,14H2,1-3H3,(H,29,30);5-14H,1-4H3;4-9H,10H2,1-3H3;5-10H,1-4H3;2*1H/q;;;+1;;/p-1. The maximum absolute atomic E-state index is 10.5. The summed E-state index contributed by atoms with van der Waals surface area (Å²) in [7, 11) is 25.7. The highest BCUT2D eigenvalue weighted by Gasteiger charge is 2.14. The zero-order chi connectivity index (χ0) is 72.1. The van der Waals surface area contributed by atoms with E-state index >= 15 is 0 Å². The second-order valence-electron chi connectivity index (χ2n) is 22.4. The maximum atomic E-state index is 10.5. The second kappa shape index (κ2) is 40.2. The summed E-state index contributed by atoms with van der Waals surface area (Å²) in [5.41, 5.74) is 9.49. The molecule has 10 rings (SSSR count). The van der Waals surface area contributed by atoms with Gasteiger partial charge in [-0.1, -0.05) is 41.4 Å². The molecule has 0 fully saturated rings. The molecule has 6 aromatic carbocycles. The van der Waals surface area contributed by atoms with Crippen molar-refractivity contribution >= 4 is 104 Å². The van der Waals surface area contributed by atoms with E-state index in [1.165, 1.54) is 24.1 Å². The summed E-state index contributed by atoms with van der Waals surface area (Å²) >= 11 is 0. The van der Waals surface area contributed by atoms with Crippen molar-refractivity contribution in [2.45, 2.75) is 0 Å². The molecule has 4 aromatic heterocycles. The smallest absolute Gasteiger partial charge is 0.421 e. The van der Waals surface area contributed by atoms with Gasteiger partial charge in [0.05, 0.1) is 154 Å². The highest BCUT2D eigenvalue weighted by molar-refractivity contribution is 5.67. The number of hydrogen-bond acceptors (Lipinski definition) is 22. The molecule has 532 valence electrons. The number of hydrogen-bond donors (Lipinski definition) is 2. The minimum atomic E-state index is -1.21. The fourth-order valence-electron chi connectivity index (χ4n) is 8.23. The third kappa shape index (κ3) is 26.9. The Hall–Kier alpha value is -12.7. The van der Waals surface area contributed by atoms with Crippen LogP contribution in [0.1, 0.15) is 0 Å². The van der Waals surface area contributed by atoms with Gasteiger partial charge in [-0.25, -0.2) is 36.5 Å². The number of carboxylic acids is 2. The number of azo groups is 4. The Kier molecular flexibility index (Phi) is 31.5. The van der Waals surface area contributed by atoms with Gasteiger partial charge in [0.15, 0.2) is 0 Å². The first kappa shape index (κ1) is 80.0. The molecule has 0 aliphatic carbocycles. The van der Waals surface area contributed by atoms with Crippen LogP contribution in [0, 0.1) is 0 Å². The summed E-state index contributed by atoms with van der Waals surface area (Å²) in [5, 5.41) is 98.7. The largest absolute Gasteiger partial charge is 1.00 e. The molecule has 0 aliphatic heterocycles. The first-order valence-corrected chi connectivity index (χ1v) is 30.6. The Bertz CT molecular complexity index is 4430. The van der Waals surface area contributed by atoms with Gasteiger partial charge in [-0.2, -0.15) is 0 Å². The van der Waals surface area contributed by atoms with Crippen LogP contribution in [0.2, 0.25) is 0 Å². The Morgan fingerprint density at radius 3 is 0.686 bits per heavy atom. The number of anilines is 4. The minimum absolute atomic E-state index is 0. The van der Waals surface area contributed by atoms with Gasteiger partial charge in [0.25, 0.3) is 0 Å². The monoisotopic (exact) mass is 1430 g/mol. The molecule has 0 unspecified atom stereocenters. The molecule has 0 saturated carbocycles. The summed E-state index contributed by atoms with van der Waals surface area (Å²) in [6.45, 7) is -0.633. The van der Waals surface area contributed by atoms with Crippen LogP contribution in [0.25, 0.3) is 0 Å². The van der Waals surface area contributed by atoms with E-state index in [-0.39, 0.29) is 37.9 Å². The lowest BCUT2D eigenvalue weighted by Crippen LogP contribution is -3.00. The number of carboxylic acid groups (broad SMARTS) is 2. The van der Waals surface area contributed by atoms with E-state index < -0.39 is 11.9 Å². The minimum Gasteiger partial charge on any atom is -1.00 e. The predicted octanol–water partition coefficient (Wildman–Crippen LogP) is 5.04. The topological polar surface area (TPSA) is 350 Å². The number of nitrogens with one attached hydrogen (secondary N) is 2. The van der Waals surface area contributed by atoms with Crippen LogP contribution in [-0.2, 0) is 66.0 Å². The number of carbonyl (C=O) groups excluding carboxylic acids is 2. The van der Waals surface area contributed by atoms with Gasteiger partial charge < -0.3 is 55.2 Å². The number of imidazole rings is 4. The van der Waals surface area contributed by atoms with Gasteiger partial charge in [-0.15, -0.1) is 20.5 Å². The SMILES string of the molecule is CN(C)N=Nc1ccc(N=Nc2n(C)cc[n+]2C)cc1.CN(C)N=Nc1ccc(Nc2ccc(N=Nc3n(C)cc[n+]3C)cc2)cc1.CN(CC(=O)[O-])N=Nc1ccc(N=Nc2n(C)cc[n+]2C)cc1.CN(CC(=O)[O-])N=Nc1ccc(Nc2ccc(N=Nc3n(C)cc[n+]3C)cc2)cc1.[Cl-].[Cl-]. The lowest BCUT2D eigenvalue weighted by molar-refractivity contribution is -0.657. The molecular weight excluding hydrogens is 1350 g/mol. The Labute approximate surface area is 602 Å². The lowest BCUT2D eigenvalue weighted by Gasteiger charge is -2.11. The summed E-state index contributed by atoms with van der Waals surface area (Å²) in [6.07, 6.45) is 15.4. The highest BCUT2D eigenvalue weighted by atomic mass is 35.5. The van der Waals surface area contributed by atoms with Crippen LogP contribution in [0.3, 0.4) is 0 Å². The van der Waals surface area contributed by atoms with E-state index in [1.807, 2.05) is 280 Å². The number of rotatable bonds is 24. The first-order valence-electron chi connectivity index (χ1n) is 30.6. The fourth-order valence-corrected chi connectivity index (χ4v) is 8.23. The average Bonchev–Trinajstić information content (AvgIpc) is 1.34. The van der Waals surface area contributed by atoms with Crippen molar-refractivity contribution in [1.82, 2.24) is 38.3 Å². The maximum Gasteiger partial charge on any atom is 0.421 e. The van der Waals surface area contributed by atoms with E-state index in [0.717, 1.165) is 75.0 Å². The van der Waals surface area contributed by atoms with Crippen LogP contribution >= 0.6 is 0 Å². The van der Waals surface area contributed by atoms with Crippen LogP contribution in [0.15, 0.2) is 277 Å². The molecule has 2 N–H and O–H groups in total. The summed E-state index contributed by atoms with van der Waals surface area (Å²) < 4.78 is 15.2. The molecule has 34 nitrogen and oxygen atoms in total. The normalized spacial score (nSPS) is 11.2. The van der Waals surface area contributed by atoms with Gasteiger partial charge >= 0.3 is 23.8 Å². The summed E-state index contributed by atoms with van der Waals surface area (Å²) in [5.74, 6) is 0.608. The van der Waals surface area contributed by atoms with Crippen LogP contribution in [0.4, 0.5) is 92.0 Å². The summed E-state index contributed by atoms with van der Waals surface area (Å²) in [4.78, 5) is 20.9. The quantitative estimate of drug-likeness (QED) is 0.0461. The number of aromatic nitrogens is 8. The highest BCUT2D eigenvalue weighted by Crippen LogP contribution is 2.27. The molecule has 0 amide bonds. The number of nitrogens with zero attached hydrogens (tertiary/aromatic N) is 28. The molecule has 0 saturated heterocycles. The van der Waals surface area contributed by atoms with Gasteiger partial charge in [0.2, 0.25) is 0 Å². The van der Waals surface area contributed by atoms with Crippen molar-refractivity contribution < 1.29 is 62.9 Å². The predicted molar refractivity (Wildman–Crippen MR) is 369 cm³/mol. The van der Waals surface area contributed by atoms with Crippen LogP contribution in [-0.4, -0.2) is 106 Å². The van der Waals surface area contributed by atoms with E-state index in [4.69, 9.17) is 0 Å². The Morgan fingerprint density at radius 2 is 0.510 bits per heavy atom. The number of halogens is 2. The number of likely N-dealkylation sites (N-methyl/N-ethyl adjacent to an activating group) is 2. The van der Waals surface area contributed by atoms with E-state index in [2.05, 4.69) is 92.9 Å². The van der Waals surface area contributed by atoms with Crippen molar-refractivity contribution in [3.05, 3.63) is 195 Å². The number of aryl methyl sites for hydroxylation is 8. The second-order valence-corrected chi connectivity index (χ2v) is 22.4. The number of carbonyl (C=O) groups is 2. The Balaban J connectivity index is 0.000000246. The van der Waals surface area contributed by atoms with Gasteiger partial charge in [-0.05, 0) is 146 Å². The van der Waals surface area contributed by atoms with Crippen molar-refractivity contribution in [2.24, 2.45) is 139 Å². The molecule has 4 heterocycles. The first-order chi connectivity index (χ1) is 47.9. The van der Waals surface area contributed by atoms with Crippen molar-refractivity contribution in [1.29, 1.82) is 0 Å². The fraction of sp³-hybridized carbons (Fsp3) is 0.242. The van der Waals surface area contributed by atoms with Gasteiger partial charge in [0.1, 0.15) is 22.7 Å². The molecule has 0 spiro atoms. The van der Waals surface area contributed by atoms with E-state index in [0.29, 0.717) is 17.1 Å². The lowest BCUT2D eigenvalue weighted by atomic mass is 10.2. The number of aliphatic carboxylic acids is 2. The zero-order valence-corrected chi connectivity index (χ0v) is 60.3. The third-order valence-corrected chi connectivity index (χ3v) is 13.4. The summed E-state index contributed by atoms with van der Waals surface area (Å²) in [6, 6.07) is 44.8. The third-order valence-electron chi connectivity index (χ3n) is 13.4. The van der Waals surface area contributed by atoms with Gasteiger partial charge in [0, 0.05) is 85.5 Å². The van der Waals surface area contributed by atoms with E-state index in [1.54, 1.807) is 46.4 Å². The molecule has 0 radical (unpaired) electrons. The van der Waals surface area contributed by atoms with E-state index in [9.17, 15) is 19.8 Å².